The number of nitrogens with one attached hydrogen (secondary N) is 4. The third-order valence-corrected chi connectivity index (χ3v) is 16.0. The molecule has 0 spiro atoms. The highest BCUT2D eigenvalue weighted by molar-refractivity contribution is 5.91. The fourth-order valence-corrected chi connectivity index (χ4v) is 10.4. The van der Waals surface area contributed by atoms with Gasteiger partial charge < -0.3 is 30.5 Å². The average molecular weight is 960 g/mol. The first-order valence-electron chi connectivity index (χ1n) is 26.0. The van der Waals surface area contributed by atoms with E-state index in [4.69, 9.17) is 13.6 Å². The molecule has 6 atom stereocenters. The first-order valence-corrected chi connectivity index (χ1v) is 24.5. The Balaban J connectivity index is 2.44. The van der Waals surface area contributed by atoms with Crippen molar-refractivity contribution in [1.82, 2.24) is 31.4 Å². The third kappa shape index (κ3) is 12.3. The van der Waals surface area contributed by atoms with Crippen LogP contribution in [0.2, 0.25) is 0 Å². The summed E-state index contributed by atoms with van der Waals surface area (Å²) < 4.78 is 33.3. The molecule has 2 unspecified atom stereocenters. The van der Waals surface area contributed by atoms with Gasteiger partial charge in [-0.3, -0.25) is 20.0 Å². The molecule has 5 N–H and O–H groups in total. The molecule has 0 fully saturated rings. The van der Waals surface area contributed by atoms with Crippen molar-refractivity contribution < 1.29 is 37.9 Å². The van der Waals surface area contributed by atoms with Gasteiger partial charge >= 0.3 is 12.2 Å². The summed E-state index contributed by atoms with van der Waals surface area (Å²) in [4.78, 5) is 62.6. The lowest BCUT2D eigenvalue weighted by Gasteiger charge is -2.54. The molecule has 0 aliphatic rings. The molecule has 1 heterocycles. The second-order valence-electron chi connectivity index (χ2n) is 22.7. The van der Waals surface area contributed by atoms with Gasteiger partial charge in [0.25, 0.3) is 5.91 Å². The van der Waals surface area contributed by atoms with Gasteiger partial charge in [-0.15, -0.1) is 0 Å². The van der Waals surface area contributed by atoms with Gasteiger partial charge in [0.1, 0.15) is 11.6 Å². The molecule has 13 heteroatoms. The summed E-state index contributed by atoms with van der Waals surface area (Å²) in [7, 11) is -3.08. The molecule has 3 aromatic rings. The quantitative estimate of drug-likeness (QED) is 0.0692. The number of hydrogen-bond acceptors (Lipinski definition) is 9. The molecule has 1 aromatic heterocycles. The average Bonchev–Trinajstić information content (AvgIpc) is 3.24. The van der Waals surface area contributed by atoms with Crippen LogP contribution in [-0.4, -0.2) is 82.0 Å². The maximum Gasteiger partial charge on any atom is 0.408 e. The van der Waals surface area contributed by atoms with E-state index in [0.717, 1.165) is 39.1 Å². The zero-order valence-corrected chi connectivity index (χ0v) is 45.5. The molecule has 384 valence electrons. The molecule has 13 nitrogen and oxygen atoms in total. The Morgan fingerprint density at radius 1 is 0.768 bits per heavy atom. The van der Waals surface area contributed by atoms with Crippen molar-refractivity contribution in [1.29, 1.82) is 0 Å². The molecule has 2 aromatic carbocycles. The van der Waals surface area contributed by atoms with Crippen molar-refractivity contribution >= 4 is 24.0 Å². The lowest BCUT2D eigenvalue weighted by molar-refractivity contribution is -0.146. The number of ether oxygens (including phenoxy) is 2. The van der Waals surface area contributed by atoms with Gasteiger partial charge in [0.15, 0.2) is 0 Å². The Hall–Kier alpha value is -5.01. The molecule has 0 radical (unpaired) electrons. The molecular weight excluding hydrogens is 869 g/mol. The summed E-state index contributed by atoms with van der Waals surface area (Å²) in [6.45, 7) is 37.6. The number of hydrazine groups is 1. The van der Waals surface area contributed by atoms with Crippen LogP contribution in [0.1, 0.15) is 162 Å². The second kappa shape index (κ2) is 22.0. The maximum absolute atomic E-state index is 15.7. The van der Waals surface area contributed by atoms with Crippen molar-refractivity contribution in [3.8, 4) is 11.3 Å². The van der Waals surface area contributed by atoms with Crippen LogP contribution in [0, 0.1) is 42.9 Å². The Kier molecular flexibility index (Phi) is 17.0. The van der Waals surface area contributed by atoms with Gasteiger partial charge in [-0.25, -0.2) is 14.6 Å². The minimum absolute atomic E-state index is 0.210. The maximum atomic E-state index is 15.7. The van der Waals surface area contributed by atoms with Crippen LogP contribution >= 0.6 is 0 Å². The van der Waals surface area contributed by atoms with Gasteiger partial charge in [0.2, 0.25) is 5.91 Å². The Morgan fingerprint density at radius 3 is 1.88 bits per heavy atom. The number of nitrogens with zero attached hydrogens (tertiary/aromatic N) is 2. The number of carbonyl (C=O) groups is 4. The van der Waals surface area contributed by atoms with E-state index in [1.54, 1.807) is 38.9 Å². The van der Waals surface area contributed by atoms with Crippen molar-refractivity contribution in [2.45, 2.75) is 192 Å². The van der Waals surface area contributed by atoms with Gasteiger partial charge in [-0.1, -0.05) is 119 Å². The fraction of sp³-hybridized carbons (Fsp3) is 0.625. The predicted molar refractivity (Wildman–Crippen MR) is 277 cm³/mol. The topological polar surface area (TPSA) is 171 Å². The molecule has 0 aliphatic heterocycles. The Morgan fingerprint density at radius 2 is 1.38 bits per heavy atom. The number of alkyl carbamates (subject to hydrolysis) is 2. The minimum atomic E-state index is -3.08. The fourth-order valence-electron chi connectivity index (χ4n) is 10.4. The first kappa shape index (κ1) is 53.3. The number of aromatic nitrogens is 1. The molecule has 3 rings (SSSR count). The van der Waals surface area contributed by atoms with E-state index in [1.807, 2.05) is 165 Å². The van der Waals surface area contributed by atoms with Crippen LogP contribution < -0.4 is 21.4 Å². The summed E-state index contributed by atoms with van der Waals surface area (Å²) in [6.07, 6.45) is 0.0649. The first-order chi connectivity index (χ1) is 32.8. The van der Waals surface area contributed by atoms with Crippen molar-refractivity contribution in [2.75, 3.05) is 13.6 Å². The van der Waals surface area contributed by atoms with E-state index >= 15 is 9.59 Å². The SMILES string of the molecule is [2H]C([2H])([2H])OC(=O)N[C@H](C(=O)NN(C[C@](C)(O)[C@@H](NC(=O)[C@@](C)(NC(=O)OC(C)C)C(C)(CC)C(C)(C)C)C(C)(C)c1ccccc1C)C(C)(C)c1ccc(-c2ncccc2C)cc1C)C(C)(CC)C(C)C. The largest absolute Gasteiger partial charge is 0.453 e. The summed E-state index contributed by atoms with van der Waals surface area (Å²) >= 11 is 0. The smallest absolute Gasteiger partial charge is 0.408 e. The van der Waals surface area contributed by atoms with E-state index in [9.17, 15) is 14.7 Å². The third-order valence-electron chi connectivity index (χ3n) is 16.0. The number of aliphatic hydroxyl groups is 1. The predicted octanol–water partition coefficient (Wildman–Crippen LogP) is 10.6. The van der Waals surface area contributed by atoms with Gasteiger partial charge in [-0.2, -0.15) is 0 Å². The zero-order valence-electron chi connectivity index (χ0n) is 48.5. The molecule has 69 heavy (non-hydrogen) atoms. The minimum Gasteiger partial charge on any atom is -0.453 e. The van der Waals surface area contributed by atoms with Crippen LogP contribution in [0.15, 0.2) is 60.8 Å². The van der Waals surface area contributed by atoms with Gasteiger partial charge in [0, 0.05) is 29.1 Å². The number of hydrogen-bond donors (Lipinski definition) is 5. The van der Waals surface area contributed by atoms with Crippen LogP contribution in [0.3, 0.4) is 0 Å². The highest BCUT2D eigenvalue weighted by atomic mass is 16.6. The van der Waals surface area contributed by atoms with E-state index in [2.05, 4.69) is 26.4 Å². The van der Waals surface area contributed by atoms with E-state index in [0.29, 0.717) is 12.8 Å². The van der Waals surface area contributed by atoms with Crippen LogP contribution in [0.4, 0.5) is 9.59 Å². The lowest BCUT2D eigenvalue weighted by atomic mass is 9.55. The molecule has 0 saturated carbocycles. The van der Waals surface area contributed by atoms with Crippen molar-refractivity contribution in [3.05, 3.63) is 88.6 Å². The Labute approximate surface area is 419 Å². The lowest BCUT2D eigenvalue weighted by Crippen LogP contribution is -2.73. The van der Waals surface area contributed by atoms with Crippen molar-refractivity contribution in [3.63, 3.8) is 0 Å². The normalized spacial score (nSPS) is 17.7. The molecular formula is C56H88N6O7. The van der Waals surface area contributed by atoms with Gasteiger partial charge in [-0.05, 0) is 132 Å². The number of rotatable bonds is 20. The van der Waals surface area contributed by atoms with Gasteiger partial charge in [0.05, 0.1) is 40.1 Å². The van der Waals surface area contributed by atoms with Crippen molar-refractivity contribution in [2.24, 2.45) is 22.2 Å². The zero-order chi connectivity index (χ0) is 55.4. The number of benzene rings is 2. The number of amides is 4. The number of carbonyl (C=O) groups excluding carboxylic acids is 4. The summed E-state index contributed by atoms with van der Waals surface area (Å²) in [5, 5.41) is 24.1. The highest BCUT2D eigenvalue weighted by Crippen LogP contribution is 2.50. The van der Waals surface area contributed by atoms with Crippen LogP contribution in [0.25, 0.3) is 11.3 Å². The Bertz CT molecular complexity index is 2400. The van der Waals surface area contributed by atoms with Crippen LogP contribution in [-0.2, 0) is 30.0 Å². The molecule has 0 bridgehead atoms. The number of pyridine rings is 1. The number of methoxy groups -OCH3 is 1. The molecule has 0 saturated heterocycles. The monoisotopic (exact) mass is 960 g/mol. The van der Waals surface area contributed by atoms with E-state index < -0.39 is 87.6 Å². The van der Waals surface area contributed by atoms with Crippen LogP contribution in [0.5, 0.6) is 0 Å². The summed E-state index contributed by atoms with van der Waals surface area (Å²) in [6, 6.07) is 15.1. The molecule has 0 aliphatic carbocycles. The standard InChI is InChI=1S/C56H88N6O7/c1-22-53(17,35(3)4)44(58-48(65)68-21)45(63)61-62(52(15,16)42-31-30-40(33-39(42)9)43-38(8)28-26-32-57-43)34-54(18,67)46(51(13,14)41-29-25-24-27-37(41)7)59-47(64)56(20,60-49(66)69-36(5)6)55(19,23-2)50(10,11)12/h24-33,35-36,44,46,67H,22-23,34H2,1-21H3,(H,58,65)(H,59,64)(H,60,66)(H,61,63)/t44-,46+,53?,54+,55?,56-/m1/s1/i21D3. The second-order valence-corrected chi connectivity index (χ2v) is 22.7. The number of aryl methyl sites for hydroxylation is 3. The van der Waals surface area contributed by atoms with E-state index in [1.165, 1.54) is 0 Å². The highest BCUT2D eigenvalue weighted by Gasteiger charge is 2.58. The van der Waals surface area contributed by atoms with E-state index in [-0.39, 0.29) is 12.5 Å². The summed E-state index contributed by atoms with van der Waals surface area (Å²) in [5.41, 5.74) is 0.997. The summed E-state index contributed by atoms with van der Waals surface area (Å²) in [5.74, 6) is -1.47. The molecule has 4 amide bonds.